The zero-order chi connectivity index (χ0) is 31.4. The van der Waals surface area contributed by atoms with Gasteiger partial charge in [-0.15, -0.1) is 0 Å². The second-order valence-electron chi connectivity index (χ2n) is 12.7. The fourth-order valence-electron chi connectivity index (χ4n) is 6.82. The smallest absolute Gasteiger partial charge is 0.264 e. The van der Waals surface area contributed by atoms with E-state index >= 15 is 0 Å². The number of fused-ring (bicyclic) bond motifs is 3. The second-order valence-corrected chi connectivity index (χ2v) is 12.7. The maximum atomic E-state index is 13.6. The molecule has 11 heteroatoms. The van der Waals surface area contributed by atoms with Crippen LogP contribution in [0.15, 0.2) is 47.3 Å². The van der Waals surface area contributed by atoms with Gasteiger partial charge >= 0.3 is 0 Å². The molecule has 43 heavy (non-hydrogen) atoms. The number of hydrogen-bond acceptors (Lipinski definition) is 9. The Morgan fingerprint density at radius 3 is 2.51 bits per heavy atom. The van der Waals surface area contributed by atoms with E-state index in [9.17, 15) is 24.6 Å². The maximum Gasteiger partial charge on any atom is 0.264 e. The van der Waals surface area contributed by atoms with Crippen molar-refractivity contribution in [1.82, 2.24) is 10.2 Å². The third-order valence-electron chi connectivity index (χ3n) is 9.67. The lowest BCUT2D eigenvalue weighted by Crippen LogP contribution is -2.61. The van der Waals surface area contributed by atoms with E-state index in [0.717, 1.165) is 5.57 Å². The number of nitrogens with zero attached hydrogens (tertiary/aromatic N) is 1. The molecule has 3 N–H and O–H groups in total. The molecule has 0 saturated carbocycles. The number of ketones is 1. The average Bonchev–Trinajstić information content (AvgIpc) is 3.71. The summed E-state index contributed by atoms with van der Waals surface area (Å²) in [6, 6.07) is -1.15. The third-order valence-corrected chi connectivity index (χ3v) is 9.67. The molecular formula is C32H44N2O9. The van der Waals surface area contributed by atoms with E-state index in [1.54, 1.807) is 19.9 Å². The first kappa shape index (κ1) is 31.6. The molecule has 3 unspecified atom stereocenters. The third kappa shape index (κ3) is 5.50. The number of allylic oxidation sites excluding steroid dienone is 3. The van der Waals surface area contributed by atoms with Gasteiger partial charge in [0.15, 0.2) is 11.4 Å². The first-order valence-electron chi connectivity index (χ1n) is 15.1. The van der Waals surface area contributed by atoms with E-state index in [-0.39, 0.29) is 29.6 Å². The van der Waals surface area contributed by atoms with Crippen molar-refractivity contribution in [2.75, 3.05) is 13.7 Å². The van der Waals surface area contributed by atoms with Crippen LogP contribution in [0.25, 0.3) is 0 Å². The van der Waals surface area contributed by atoms with Gasteiger partial charge in [-0.1, -0.05) is 44.6 Å². The molecule has 0 aromatic rings. The summed E-state index contributed by atoms with van der Waals surface area (Å²) in [5.74, 6) is -3.93. The number of epoxide rings is 1. The first-order valence-corrected chi connectivity index (χ1v) is 15.1. The van der Waals surface area contributed by atoms with Crippen LogP contribution < -0.4 is 5.32 Å². The maximum absolute atomic E-state index is 13.6. The Labute approximate surface area is 252 Å². The number of hydrogen-bond donors (Lipinski definition) is 3. The Bertz CT molecular complexity index is 1280. The zero-order valence-electron chi connectivity index (χ0n) is 25.9. The van der Waals surface area contributed by atoms with Crippen molar-refractivity contribution in [3.63, 3.8) is 0 Å². The Morgan fingerprint density at radius 1 is 1.19 bits per heavy atom. The lowest BCUT2D eigenvalue weighted by molar-refractivity contribution is -0.346. The second kappa shape index (κ2) is 11.6. The summed E-state index contributed by atoms with van der Waals surface area (Å²) >= 11 is 0. The molecule has 5 aliphatic heterocycles. The van der Waals surface area contributed by atoms with E-state index in [1.807, 2.05) is 19.9 Å². The van der Waals surface area contributed by atoms with Gasteiger partial charge in [-0.2, -0.15) is 0 Å². The molecule has 2 amide bonds. The largest absolute Gasteiger partial charge is 0.507 e. The number of likely N-dealkylation sites (tertiary alicyclic amines) is 1. The summed E-state index contributed by atoms with van der Waals surface area (Å²) in [4.78, 5) is 41.1. The van der Waals surface area contributed by atoms with Crippen LogP contribution in [0.4, 0.5) is 0 Å². The number of ether oxygens (including phenoxy) is 4. The van der Waals surface area contributed by atoms with Gasteiger partial charge in [0.05, 0.1) is 36.9 Å². The van der Waals surface area contributed by atoms with Crippen molar-refractivity contribution in [2.24, 2.45) is 17.8 Å². The van der Waals surface area contributed by atoms with E-state index in [1.165, 1.54) is 18.0 Å². The van der Waals surface area contributed by atoms with Crippen LogP contribution in [0.2, 0.25) is 0 Å². The highest BCUT2D eigenvalue weighted by molar-refractivity contribution is 6.27. The molecule has 1 spiro atoms. The Hall–Kier alpha value is -2.83. The summed E-state index contributed by atoms with van der Waals surface area (Å²) in [6.45, 7) is 11.7. The molecule has 2 bridgehead atoms. The van der Waals surface area contributed by atoms with Gasteiger partial charge in [0, 0.05) is 18.9 Å². The van der Waals surface area contributed by atoms with Crippen molar-refractivity contribution in [1.29, 1.82) is 0 Å². The van der Waals surface area contributed by atoms with E-state index in [2.05, 4.69) is 31.3 Å². The van der Waals surface area contributed by atoms with Gasteiger partial charge in [-0.25, -0.2) is 0 Å². The molecule has 5 rings (SSSR count). The normalized spacial score (nSPS) is 42.0. The molecule has 5 heterocycles. The van der Waals surface area contributed by atoms with E-state index < -0.39 is 65.1 Å². The first-order chi connectivity index (χ1) is 20.2. The number of aliphatic hydroxyl groups excluding tert-OH is 2. The number of aliphatic hydroxyl groups is 2. The molecule has 4 saturated heterocycles. The van der Waals surface area contributed by atoms with Crippen LogP contribution in [0.1, 0.15) is 54.4 Å². The number of amides is 2. The summed E-state index contributed by atoms with van der Waals surface area (Å²) in [7, 11) is 1.46. The van der Waals surface area contributed by atoms with Gasteiger partial charge < -0.3 is 39.4 Å². The van der Waals surface area contributed by atoms with Gasteiger partial charge in [0.25, 0.3) is 5.91 Å². The molecule has 4 fully saturated rings. The standard InChI is InChI=1S/C32H44N2O9/c1-16(14-17(2)28-18(3)23-12-13-32(15-40-32)31(6,42-23)43-28)8-9-22(36)25-27(37)26(19(4)29(38)33-7)34(30(25)39)24-11-10-21(35)20(5)41-24/h8-9,12-14,17-21,23-24,26,28,35-36H,10-11,15H2,1-7H3,(H,33,38)/b9-8+,16-14+,25-22-/t17-,18?,19+,20+,21+,23+,24+,26+,28?,31?,32-/m1/s1. The van der Waals surface area contributed by atoms with Crippen molar-refractivity contribution >= 4 is 17.6 Å². The summed E-state index contributed by atoms with van der Waals surface area (Å²) in [6.07, 6.45) is 7.46. The molecule has 11 atom stereocenters. The van der Waals surface area contributed by atoms with Gasteiger partial charge in [-0.3, -0.25) is 14.4 Å². The zero-order valence-corrected chi connectivity index (χ0v) is 25.9. The molecule has 11 nitrogen and oxygen atoms in total. The topological polar surface area (TPSA) is 147 Å². The highest BCUT2D eigenvalue weighted by Gasteiger charge is 2.66. The predicted molar refractivity (Wildman–Crippen MR) is 155 cm³/mol. The quantitative estimate of drug-likeness (QED) is 0.100. The van der Waals surface area contributed by atoms with Crippen LogP contribution in [0, 0.1) is 17.8 Å². The summed E-state index contributed by atoms with van der Waals surface area (Å²) in [5, 5.41) is 23.7. The minimum atomic E-state index is -1.15. The Balaban J connectivity index is 1.36. The van der Waals surface area contributed by atoms with Crippen molar-refractivity contribution in [2.45, 2.75) is 102 Å². The number of carbonyl (C=O) groups is 3. The Kier molecular flexibility index (Phi) is 8.51. The fraction of sp³-hybridized carbons (Fsp3) is 0.656. The van der Waals surface area contributed by atoms with Crippen molar-refractivity contribution in [3.8, 4) is 0 Å². The van der Waals surface area contributed by atoms with Crippen LogP contribution >= 0.6 is 0 Å². The number of rotatable bonds is 7. The number of carbonyl (C=O) groups excluding carboxylic acids is 3. The molecule has 0 aromatic heterocycles. The minimum Gasteiger partial charge on any atom is -0.507 e. The van der Waals surface area contributed by atoms with Crippen LogP contribution in [0.5, 0.6) is 0 Å². The van der Waals surface area contributed by atoms with Gasteiger partial charge in [0.2, 0.25) is 11.7 Å². The van der Waals surface area contributed by atoms with Gasteiger partial charge in [-0.05, 0) is 45.8 Å². The van der Waals surface area contributed by atoms with Crippen LogP contribution in [-0.2, 0) is 33.3 Å². The monoisotopic (exact) mass is 600 g/mol. The van der Waals surface area contributed by atoms with Crippen molar-refractivity contribution < 1.29 is 43.5 Å². The highest BCUT2D eigenvalue weighted by Crippen LogP contribution is 2.52. The van der Waals surface area contributed by atoms with Crippen LogP contribution in [-0.4, -0.2) is 94.4 Å². The number of Topliss-reactive ketones (excluding diaryl/α,β-unsaturated/α-hetero) is 1. The van der Waals surface area contributed by atoms with Crippen molar-refractivity contribution in [3.05, 3.63) is 47.3 Å². The molecule has 0 aliphatic carbocycles. The molecule has 5 aliphatic rings. The lowest BCUT2D eigenvalue weighted by atomic mass is 9.82. The molecular weight excluding hydrogens is 556 g/mol. The summed E-state index contributed by atoms with van der Waals surface area (Å²) < 4.78 is 24.3. The SMILES string of the molecule is CNC(=O)[C@@H](C)[C@H]1C(=O)\C(=C(O)/C=C/C(C)=C/[C@@H](C)C2OC3(C)O[C@@H](C=C[C@@]34CO4)C2C)C(=O)N1[C@@H]1CC[C@H](O)[C@H](C)O1. The molecule has 0 aromatic carbocycles. The molecule has 0 radical (unpaired) electrons. The predicted octanol–water partition coefficient (Wildman–Crippen LogP) is 2.46. The minimum absolute atomic E-state index is 0.0220. The fourth-order valence-corrected chi connectivity index (χ4v) is 6.82. The van der Waals surface area contributed by atoms with E-state index in [4.69, 9.17) is 18.9 Å². The van der Waals surface area contributed by atoms with E-state index in [0.29, 0.717) is 19.4 Å². The highest BCUT2D eigenvalue weighted by atomic mass is 16.8. The molecule has 236 valence electrons. The summed E-state index contributed by atoms with van der Waals surface area (Å²) in [5.41, 5.74) is -0.127. The van der Waals surface area contributed by atoms with Crippen LogP contribution in [0.3, 0.4) is 0 Å². The Morgan fingerprint density at radius 2 is 1.88 bits per heavy atom. The van der Waals surface area contributed by atoms with Gasteiger partial charge in [0.1, 0.15) is 23.6 Å². The number of nitrogens with one attached hydrogen (secondary N) is 1. The lowest BCUT2D eigenvalue weighted by Gasteiger charge is -2.51. The average molecular weight is 601 g/mol.